The second kappa shape index (κ2) is 5.51. The average Bonchev–Trinajstić information content (AvgIpc) is 2.88. The molecule has 7 heteroatoms. The summed E-state index contributed by atoms with van der Waals surface area (Å²) in [7, 11) is 1.82. The van der Waals surface area contributed by atoms with Crippen LogP contribution in [0.15, 0.2) is 42.6 Å². The number of hydrogen-bond donors (Lipinski definition) is 1. The standard InChI is InChI=1S/C15H12F2N4O/c1-21-13-6-5-10(7-9(13)8-18-21)19-15(22)12-4-2-3-11(20-12)14(16)17/h2-8,14H,1H3,(H,19,22). The summed E-state index contributed by atoms with van der Waals surface area (Å²) in [5, 5.41) is 7.63. The van der Waals surface area contributed by atoms with Crippen LogP contribution >= 0.6 is 0 Å². The number of fused-ring (bicyclic) bond motifs is 1. The lowest BCUT2D eigenvalue weighted by Crippen LogP contribution is -2.14. The molecule has 22 heavy (non-hydrogen) atoms. The molecule has 0 aliphatic carbocycles. The van der Waals surface area contributed by atoms with Crippen LogP contribution in [0.3, 0.4) is 0 Å². The number of hydrogen-bond acceptors (Lipinski definition) is 3. The van der Waals surface area contributed by atoms with Crippen LogP contribution in [0.1, 0.15) is 22.6 Å². The number of rotatable bonds is 3. The lowest BCUT2D eigenvalue weighted by atomic mass is 10.2. The van der Waals surface area contributed by atoms with Gasteiger partial charge < -0.3 is 5.32 Å². The topological polar surface area (TPSA) is 59.8 Å². The molecular formula is C15H12F2N4O. The van der Waals surface area contributed by atoms with Gasteiger partial charge in [0.05, 0.1) is 11.7 Å². The van der Waals surface area contributed by atoms with Gasteiger partial charge in [0.2, 0.25) is 0 Å². The summed E-state index contributed by atoms with van der Waals surface area (Å²) >= 11 is 0. The van der Waals surface area contributed by atoms with Gasteiger partial charge >= 0.3 is 0 Å². The van der Waals surface area contributed by atoms with E-state index in [0.717, 1.165) is 10.9 Å². The molecule has 1 aromatic carbocycles. The van der Waals surface area contributed by atoms with Crippen LogP contribution in [-0.4, -0.2) is 20.7 Å². The fraction of sp³-hybridized carbons (Fsp3) is 0.133. The van der Waals surface area contributed by atoms with Crippen LogP contribution in [0.4, 0.5) is 14.5 Å². The Kier molecular flexibility index (Phi) is 3.54. The Morgan fingerprint density at radius 2 is 2.09 bits per heavy atom. The van der Waals surface area contributed by atoms with E-state index in [-0.39, 0.29) is 5.69 Å². The van der Waals surface area contributed by atoms with Gasteiger partial charge in [-0.15, -0.1) is 0 Å². The number of nitrogens with zero attached hydrogens (tertiary/aromatic N) is 3. The van der Waals surface area contributed by atoms with E-state index in [1.54, 1.807) is 23.0 Å². The van der Waals surface area contributed by atoms with E-state index in [1.807, 2.05) is 13.1 Å². The Balaban J connectivity index is 1.84. The van der Waals surface area contributed by atoms with E-state index in [0.29, 0.717) is 5.69 Å². The third-order valence-corrected chi connectivity index (χ3v) is 3.23. The molecule has 2 aromatic heterocycles. The first-order valence-corrected chi connectivity index (χ1v) is 6.53. The van der Waals surface area contributed by atoms with Gasteiger partial charge in [-0.1, -0.05) is 6.07 Å². The Morgan fingerprint density at radius 3 is 2.86 bits per heavy atom. The second-order valence-corrected chi connectivity index (χ2v) is 4.74. The number of halogens is 2. The van der Waals surface area contributed by atoms with Gasteiger partial charge in [0, 0.05) is 18.1 Å². The molecule has 0 unspecified atom stereocenters. The molecule has 3 rings (SSSR count). The molecule has 0 fully saturated rings. The average molecular weight is 302 g/mol. The number of carbonyl (C=O) groups excluding carboxylic acids is 1. The van der Waals surface area contributed by atoms with Crippen molar-refractivity contribution in [2.45, 2.75) is 6.43 Å². The van der Waals surface area contributed by atoms with Crippen LogP contribution in [0, 0.1) is 0 Å². The molecule has 5 nitrogen and oxygen atoms in total. The predicted octanol–water partition coefficient (Wildman–Crippen LogP) is 3.16. The minimum atomic E-state index is -2.71. The molecule has 3 aromatic rings. The molecule has 0 radical (unpaired) electrons. The lowest BCUT2D eigenvalue weighted by molar-refractivity contribution is 0.102. The molecule has 0 aliphatic heterocycles. The highest BCUT2D eigenvalue weighted by molar-refractivity contribution is 6.03. The number of aryl methyl sites for hydroxylation is 1. The Hall–Kier alpha value is -2.83. The first kappa shape index (κ1) is 14.1. The summed E-state index contributed by atoms with van der Waals surface area (Å²) < 4.78 is 26.9. The number of nitrogens with one attached hydrogen (secondary N) is 1. The Bertz CT molecular complexity index is 844. The van der Waals surface area contributed by atoms with Crippen molar-refractivity contribution in [2.24, 2.45) is 7.05 Å². The third kappa shape index (κ3) is 2.65. The number of aromatic nitrogens is 3. The fourth-order valence-corrected chi connectivity index (χ4v) is 2.14. The van der Waals surface area contributed by atoms with E-state index < -0.39 is 18.0 Å². The maximum absolute atomic E-state index is 12.6. The Morgan fingerprint density at radius 1 is 1.27 bits per heavy atom. The van der Waals surface area contributed by atoms with Gasteiger partial charge in [0.1, 0.15) is 11.4 Å². The Labute approximate surface area is 124 Å². The zero-order valence-electron chi connectivity index (χ0n) is 11.6. The first-order valence-electron chi connectivity index (χ1n) is 6.53. The van der Waals surface area contributed by atoms with Crippen molar-refractivity contribution < 1.29 is 13.6 Å². The molecule has 0 aliphatic rings. The molecule has 0 atom stereocenters. The normalized spacial score (nSPS) is 11.1. The number of anilines is 1. The zero-order valence-corrected chi connectivity index (χ0v) is 11.6. The SMILES string of the molecule is Cn1ncc2cc(NC(=O)c3cccc(C(F)F)n3)ccc21. The van der Waals surface area contributed by atoms with E-state index in [2.05, 4.69) is 15.4 Å². The number of benzene rings is 1. The highest BCUT2D eigenvalue weighted by atomic mass is 19.3. The van der Waals surface area contributed by atoms with Crippen LogP contribution in [0.5, 0.6) is 0 Å². The maximum atomic E-state index is 12.6. The highest BCUT2D eigenvalue weighted by Gasteiger charge is 2.13. The molecule has 0 saturated heterocycles. The summed E-state index contributed by atoms with van der Waals surface area (Å²) in [6.07, 6.45) is -1.03. The second-order valence-electron chi connectivity index (χ2n) is 4.74. The van der Waals surface area contributed by atoms with E-state index in [9.17, 15) is 13.6 Å². The van der Waals surface area contributed by atoms with Gasteiger partial charge in [-0.25, -0.2) is 13.8 Å². The van der Waals surface area contributed by atoms with Crippen LogP contribution in [0.25, 0.3) is 10.9 Å². The molecule has 0 saturated carbocycles. The summed E-state index contributed by atoms with van der Waals surface area (Å²) in [6.45, 7) is 0. The highest BCUT2D eigenvalue weighted by Crippen LogP contribution is 2.20. The minimum absolute atomic E-state index is 0.0518. The monoisotopic (exact) mass is 302 g/mol. The van der Waals surface area contributed by atoms with Gasteiger partial charge in [-0.2, -0.15) is 5.10 Å². The van der Waals surface area contributed by atoms with Crippen molar-refractivity contribution in [2.75, 3.05) is 5.32 Å². The van der Waals surface area contributed by atoms with E-state index in [1.165, 1.54) is 18.2 Å². The van der Waals surface area contributed by atoms with Gasteiger partial charge in [-0.05, 0) is 30.3 Å². The van der Waals surface area contributed by atoms with Gasteiger partial charge in [0.15, 0.2) is 0 Å². The van der Waals surface area contributed by atoms with Gasteiger partial charge in [-0.3, -0.25) is 9.48 Å². The quantitative estimate of drug-likeness (QED) is 0.808. The summed E-state index contributed by atoms with van der Waals surface area (Å²) in [6, 6.07) is 9.26. The largest absolute Gasteiger partial charge is 0.321 e. The molecule has 1 N–H and O–H groups in total. The van der Waals surface area contributed by atoms with Crippen molar-refractivity contribution in [3.8, 4) is 0 Å². The molecule has 1 amide bonds. The van der Waals surface area contributed by atoms with Crippen LogP contribution < -0.4 is 5.32 Å². The lowest BCUT2D eigenvalue weighted by Gasteiger charge is -2.06. The summed E-state index contributed by atoms with van der Waals surface area (Å²) in [5.74, 6) is -0.536. The first-order chi connectivity index (χ1) is 10.5. The fourth-order valence-electron chi connectivity index (χ4n) is 2.14. The molecule has 0 spiro atoms. The van der Waals surface area contributed by atoms with Crippen molar-refractivity contribution >= 4 is 22.5 Å². The van der Waals surface area contributed by atoms with Crippen molar-refractivity contribution in [3.63, 3.8) is 0 Å². The molecule has 0 bridgehead atoms. The zero-order chi connectivity index (χ0) is 15.7. The van der Waals surface area contributed by atoms with Crippen LogP contribution in [0.2, 0.25) is 0 Å². The van der Waals surface area contributed by atoms with E-state index >= 15 is 0 Å². The molecule has 2 heterocycles. The number of amides is 1. The van der Waals surface area contributed by atoms with Crippen molar-refractivity contribution in [3.05, 3.63) is 54.0 Å². The summed E-state index contributed by atoms with van der Waals surface area (Å²) in [5.41, 5.74) is 1.00. The van der Waals surface area contributed by atoms with E-state index in [4.69, 9.17) is 0 Å². The molecular weight excluding hydrogens is 290 g/mol. The molecule has 112 valence electrons. The number of alkyl halides is 2. The number of carbonyl (C=O) groups is 1. The van der Waals surface area contributed by atoms with Crippen molar-refractivity contribution in [1.82, 2.24) is 14.8 Å². The van der Waals surface area contributed by atoms with Gasteiger partial charge in [0.25, 0.3) is 12.3 Å². The smallest absolute Gasteiger partial charge is 0.280 e. The van der Waals surface area contributed by atoms with Crippen molar-refractivity contribution in [1.29, 1.82) is 0 Å². The third-order valence-electron chi connectivity index (χ3n) is 3.23. The maximum Gasteiger partial charge on any atom is 0.280 e. The minimum Gasteiger partial charge on any atom is -0.321 e. The summed E-state index contributed by atoms with van der Waals surface area (Å²) in [4.78, 5) is 15.7. The van der Waals surface area contributed by atoms with Crippen LogP contribution in [-0.2, 0) is 7.05 Å². The number of pyridine rings is 1. The predicted molar refractivity (Wildman–Crippen MR) is 77.9 cm³/mol.